The van der Waals surface area contributed by atoms with Gasteiger partial charge in [0.2, 0.25) is 11.8 Å². The molecular formula is C17H18N2O3. The van der Waals surface area contributed by atoms with Crippen LogP contribution < -0.4 is 10.6 Å². The average molecular weight is 298 g/mol. The van der Waals surface area contributed by atoms with E-state index in [0.29, 0.717) is 11.4 Å². The second-order valence-corrected chi connectivity index (χ2v) is 4.82. The van der Waals surface area contributed by atoms with Gasteiger partial charge in [-0.25, -0.2) is 0 Å². The Balaban J connectivity index is 1.69. The molecule has 2 aromatic carbocycles. The maximum Gasteiger partial charge on any atom is 0.250 e. The number of rotatable bonds is 6. The zero-order chi connectivity index (χ0) is 15.8. The van der Waals surface area contributed by atoms with Crippen LogP contribution in [-0.2, 0) is 14.3 Å². The molecule has 0 aromatic heterocycles. The van der Waals surface area contributed by atoms with Gasteiger partial charge in [-0.15, -0.1) is 0 Å². The Kier molecular flexibility index (Phi) is 5.68. The van der Waals surface area contributed by atoms with Gasteiger partial charge in [-0.1, -0.05) is 30.3 Å². The summed E-state index contributed by atoms with van der Waals surface area (Å²) in [6.45, 7) is 1.60. The van der Waals surface area contributed by atoms with Crippen LogP contribution >= 0.6 is 0 Å². The molecule has 0 aliphatic carbocycles. The van der Waals surface area contributed by atoms with E-state index in [1.165, 1.54) is 0 Å². The Morgan fingerprint density at radius 2 is 1.45 bits per heavy atom. The lowest BCUT2D eigenvalue weighted by Gasteiger charge is -2.07. The Morgan fingerprint density at radius 3 is 2.09 bits per heavy atom. The molecule has 0 spiro atoms. The van der Waals surface area contributed by atoms with Crippen molar-refractivity contribution < 1.29 is 14.3 Å². The number of benzene rings is 2. The Morgan fingerprint density at radius 1 is 0.864 bits per heavy atom. The molecule has 0 aliphatic heterocycles. The third-order valence-corrected chi connectivity index (χ3v) is 2.83. The molecule has 0 saturated carbocycles. The van der Waals surface area contributed by atoms with Gasteiger partial charge in [0, 0.05) is 11.4 Å². The van der Waals surface area contributed by atoms with Gasteiger partial charge in [0.15, 0.2) is 0 Å². The molecule has 2 aromatic rings. The summed E-state index contributed by atoms with van der Waals surface area (Å²) >= 11 is 0. The van der Waals surface area contributed by atoms with Crippen molar-refractivity contribution in [3.63, 3.8) is 0 Å². The first-order chi connectivity index (χ1) is 10.6. The minimum atomic E-state index is -0.297. The van der Waals surface area contributed by atoms with Gasteiger partial charge in [0.05, 0.1) is 0 Å². The van der Waals surface area contributed by atoms with Gasteiger partial charge in [-0.2, -0.15) is 0 Å². The fourth-order valence-corrected chi connectivity index (χ4v) is 1.87. The molecule has 5 heteroatoms. The summed E-state index contributed by atoms with van der Waals surface area (Å²) in [7, 11) is 0. The summed E-state index contributed by atoms with van der Waals surface area (Å²) in [6.07, 6.45) is 0. The SMILES string of the molecule is Cc1cccc(NC(=O)COCC(=O)Nc2ccccc2)c1. The molecule has 5 nitrogen and oxygen atoms in total. The van der Waals surface area contributed by atoms with Crippen molar-refractivity contribution in [2.75, 3.05) is 23.8 Å². The minimum Gasteiger partial charge on any atom is -0.362 e. The van der Waals surface area contributed by atoms with Gasteiger partial charge in [-0.3, -0.25) is 9.59 Å². The van der Waals surface area contributed by atoms with Crippen LogP contribution in [0.2, 0.25) is 0 Å². The molecule has 0 heterocycles. The third kappa shape index (κ3) is 5.38. The highest BCUT2D eigenvalue weighted by Gasteiger charge is 2.06. The molecule has 2 N–H and O–H groups in total. The molecule has 0 saturated heterocycles. The summed E-state index contributed by atoms with van der Waals surface area (Å²) < 4.78 is 5.11. The topological polar surface area (TPSA) is 67.4 Å². The van der Waals surface area contributed by atoms with Crippen molar-refractivity contribution in [3.05, 3.63) is 60.2 Å². The highest BCUT2D eigenvalue weighted by Crippen LogP contribution is 2.09. The zero-order valence-corrected chi connectivity index (χ0v) is 12.3. The first-order valence-electron chi connectivity index (χ1n) is 6.92. The van der Waals surface area contributed by atoms with Crippen LogP contribution in [0.25, 0.3) is 0 Å². The first kappa shape index (κ1) is 15.7. The van der Waals surface area contributed by atoms with Crippen LogP contribution in [0.4, 0.5) is 11.4 Å². The molecular weight excluding hydrogens is 280 g/mol. The van der Waals surface area contributed by atoms with E-state index < -0.39 is 0 Å². The van der Waals surface area contributed by atoms with E-state index in [-0.39, 0.29) is 25.0 Å². The van der Waals surface area contributed by atoms with E-state index >= 15 is 0 Å². The van der Waals surface area contributed by atoms with Crippen molar-refractivity contribution >= 4 is 23.2 Å². The monoisotopic (exact) mass is 298 g/mol. The van der Waals surface area contributed by atoms with Crippen LogP contribution in [0.5, 0.6) is 0 Å². The van der Waals surface area contributed by atoms with Crippen LogP contribution in [0.15, 0.2) is 54.6 Å². The second-order valence-electron chi connectivity index (χ2n) is 4.82. The highest BCUT2D eigenvalue weighted by molar-refractivity contribution is 5.93. The van der Waals surface area contributed by atoms with E-state index in [1.54, 1.807) is 18.2 Å². The maximum absolute atomic E-state index is 11.7. The number of aryl methyl sites for hydroxylation is 1. The summed E-state index contributed by atoms with van der Waals surface area (Å²) in [6, 6.07) is 16.5. The van der Waals surface area contributed by atoms with Gasteiger partial charge in [0.25, 0.3) is 0 Å². The number of para-hydroxylation sites is 1. The molecule has 0 aliphatic rings. The number of carbonyl (C=O) groups is 2. The second kappa shape index (κ2) is 7.95. The lowest BCUT2D eigenvalue weighted by atomic mass is 10.2. The molecule has 0 unspecified atom stereocenters. The van der Waals surface area contributed by atoms with Crippen molar-refractivity contribution in [1.29, 1.82) is 0 Å². The molecule has 114 valence electrons. The highest BCUT2D eigenvalue weighted by atomic mass is 16.5. The Bertz CT molecular complexity index is 641. The molecule has 2 amide bonds. The lowest BCUT2D eigenvalue weighted by molar-refractivity contribution is -0.125. The van der Waals surface area contributed by atoms with E-state index in [2.05, 4.69) is 10.6 Å². The minimum absolute atomic E-state index is 0.170. The largest absolute Gasteiger partial charge is 0.362 e. The summed E-state index contributed by atoms with van der Waals surface area (Å²) in [4.78, 5) is 23.3. The van der Waals surface area contributed by atoms with Crippen LogP contribution in [0, 0.1) is 6.92 Å². The fraction of sp³-hybridized carbons (Fsp3) is 0.176. The van der Waals surface area contributed by atoms with Gasteiger partial charge >= 0.3 is 0 Å². The van der Waals surface area contributed by atoms with Crippen LogP contribution in [0.3, 0.4) is 0 Å². The normalized spacial score (nSPS) is 10.0. The average Bonchev–Trinajstić information content (AvgIpc) is 2.48. The molecule has 0 atom stereocenters. The summed E-state index contributed by atoms with van der Waals surface area (Å²) in [5.41, 5.74) is 2.46. The first-order valence-corrected chi connectivity index (χ1v) is 6.92. The predicted octanol–water partition coefficient (Wildman–Crippen LogP) is 2.59. The number of ether oxygens (including phenoxy) is 1. The van der Waals surface area contributed by atoms with Crippen LogP contribution in [0.1, 0.15) is 5.56 Å². The molecule has 0 bridgehead atoms. The number of amides is 2. The van der Waals surface area contributed by atoms with E-state index in [9.17, 15) is 9.59 Å². The number of carbonyl (C=O) groups excluding carboxylic acids is 2. The van der Waals surface area contributed by atoms with Crippen molar-refractivity contribution in [2.24, 2.45) is 0 Å². The van der Waals surface area contributed by atoms with Gasteiger partial charge in [-0.05, 0) is 36.8 Å². The van der Waals surface area contributed by atoms with E-state index in [1.807, 2.05) is 43.3 Å². The van der Waals surface area contributed by atoms with Crippen LogP contribution in [-0.4, -0.2) is 25.0 Å². The van der Waals surface area contributed by atoms with Crippen molar-refractivity contribution in [3.8, 4) is 0 Å². The number of hydrogen-bond donors (Lipinski definition) is 2. The zero-order valence-electron chi connectivity index (χ0n) is 12.3. The van der Waals surface area contributed by atoms with E-state index in [4.69, 9.17) is 4.74 Å². The Hall–Kier alpha value is -2.66. The van der Waals surface area contributed by atoms with Crippen molar-refractivity contribution in [2.45, 2.75) is 6.92 Å². The van der Waals surface area contributed by atoms with Gasteiger partial charge in [0.1, 0.15) is 13.2 Å². The molecule has 0 radical (unpaired) electrons. The molecule has 0 fully saturated rings. The predicted molar refractivity (Wildman–Crippen MR) is 85.7 cm³/mol. The smallest absolute Gasteiger partial charge is 0.250 e. The van der Waals surface area contributed by atoms with E-state index in [0.717, 1.165) is 5.56 Å². The molecule has 22 heavy (non-hydrogen) atoms. The third-order valence-electron chi connectivity index (χ3n) is 2.83. The summed E-state index contributed by atoms with van der Waals surface area (Å²) in [5, 5.41) is 5.39. The maximum atomic E-state index is 11.7. The van der Waals surface area contributed by atoms with Crippen molar-refractivity contribution in [1.82, 2.24) is 0 Å². The standard InChI is InChI=1S/C17H18N2O3/c1-13-6-5-9-15(10-13)19-17(21)12-22-11-16(20)18-14-7-3-2-4-8-14/h2-10H,11-12H2,1H3,(H,18,20)(H,19,21). The number of anilines is 2. The number of hydrogen-bond acceptors (Lipinski definition) is 3. The fourth-order valence-electron chi connectivity index (χ4n) is 1.87. The molecule has 2 rings (SSSR count). The summed E-state index contributed by atoms with van der Waals surface area (Å²) in [5.74, 6) is -0.590. The number of nitrogens with one attached hydrogen (secondary N) is 2. The quantitative estimate of drug-likeness (QED) is 0.861. The lowest BCUT2D eigenvalue weighted by Crippen LogP contribution is -2.23. The Labute approximate surface area is 129 Å². The van der Waals surface area contributed by atoms with Gasteiger partial charge < -0.3 is 15.4 Å².